The fraction of sp³-hybridized carbons (Fsp3) is 0.250. The van der Waals surface area contributed by atoms with E-state index in [2.05, 4.69) is 12.3 Å². The lowest BCUT2D eigenvalue weighted by molar-refractivity contribution is 0.134. The van der Waals surface area contributed by atoms with Crippen molar-refractivity contribution < 1.29 is 9.84 Å². The van der Waals surface area contributed by atoms with Gasteiger partial charge >= 0.3 is 0 Å². The first-order valence-corrected chi connectivity index (χ1v) is 4.47. The highest BCUT2D eigenvalue weighted by molar-refractivity contribution is 5.13. The molecule has 1 aromatic carbocycles. The summed E-state index contributed by atoms with van der Waals surface area (Å²) in [5, 5.41) is 8.80. The van der Waals surface area contributed by atoms with Crippen LogP contribution in [0.2, 0.25) is 0 Å². The normalized spacial score (nSPS) is 9.50. The van der Waals surface area contributed by atoms with Crippen LogP contribution in [0.1, 0.15) is 5.56 Å². The number of aliphatic hydroxyl groups is 1. The first-order valence-electron chi connectivity index (χ1n) is 4.47. The standard InChI is InChI=1S/C12H14O2/c1-2-11(8-13)9-14-10-12-6-4-3-5-7-12/h3-7,13H,1,8-10H2. The molecule has 74 valence electrons. The van der Waals surface area contributed by atoms with E-state index >= 15 is 0 Å². The van der Waals surface area contributed by atoms with E-state index in [0.29, 0.717) is 18.8 Å². The molecule has 14 heavy (non-hydrogen) atoms. The molecule has 2 heteroatoms. The molecule has 2 nitrogen and oxygen atoms in total. The molecule has 0 aliphatic heterocycles. The molecule has 0 heterocycles. The van der Waals surface area contributed by atoms with Crippen LogP contribution in [-0.2, 0) is 11.3 Å². The number of aliphatic hydroxyl groups excluding tert-OH is 1. The molecule has 1 rings (SSSR count). The summed E-state index contributed by atoms with van der Waals surface area (Å²) in [4.78, 5) is 0. The third-order valence-corrected chi connectivity index (χ3v) is 1.83. The van der Waals surface area contributed by atoms with Gasteiger partial charge in [-0.1, -0.05) is 36.9 Å². The summed E-state index contributed by atoms with van der Waals surface area (Å²) in [6, 6.07) is 9.89. The zero-order valence-electron chi connectivity index (χ0n) is 8.07. The first-order chi connectivity index (χ1) is 6.86. The average Bonchev–Trinajstić information content (AvgIpc) is 2.26. The summed E-state index contributed by atoms with van der Waals surface area (Å²) >= 11 is 0. The third kappa shape index (κ3) is 3.58. The fourth-order valence-electron chi connectivity index (χ4n) is 1.02. The summed E-state index contributed by atoms with van der Waals surface area (Å²) in [5.41, 5.74) is 4.43. The van der Waals surface area contributed by atoms with Gasteiger partial charge in [0.1, 0.15) is 0 Å². The largest absolute Gasteiger partial charge is 0.391 e. The van der Waals surface area contributed by atoms with Crippen molar-refractivity contribution in [2.24, 2.45) is 0 Å². The Balaban J connectivity index is 2.32. The van der Waals surface area contributed by atoms with E-state index in [1.54, 1.807) is 0 Å². The summed E-state index contributed by atoms with van der Waals surface area (Å²) in [7, 11) is 0. The highest BCUT2D eigenvalue weighted by atomic mass is 16.5. The molecule has 0 aliphatic carbocycles. The van der Waals surface area contributed by atoms with Crippen LogP contribution < -0.4 is 0 Å². The molecule has 0 bridgehead atoms. The molecule has 0 atom stereocenters. The lowest BCUT2D eigenvalue weighted by Crippen LogP contribution is -2.01. The van der Waals surface area contributed by atoms with Crippen molar-refractivity contribution in [3.05, 3.63) is 53.8 Å². The minimum absolute atomic E-state index is 0.0434. The molecular formula is C12H14O2. The van der Waals surface area contributed by atoms with Gasteiger partial charge in [0.2, 0.25) is 0 Å². The second-order valence-corrected chi connectivity index (χ2v) is 2.92. The Hall–Kier alpha value is -1.34. The minimum atomic E-state index is -0.0434. The maximum absolute atomic E-state index is 8.80. The third-order valence-electron chi connectivity index (χ3n) is 1.83. The molecule has 0 radical (unpaired) electrons. The van der Waals surface area contributed by atoms with Crippen LogP contribution in [-0.4, -0.2) is 18.3 Å². The Morgan fingerprint density at radius 3 is 2.64 bits per heavy atom. The maximum Gasteiger partial charge on any atom is 0.0778 e. The highest BCUT2D eigenvalue weighted by Gasteiger charge is 1.95. The van der Waals surface area contributed by atoms with Crippen molar-refractivity contribution in [2.75, 3.05) is 13.2 Å². The van der Waals surface area contributed by atoms with E-state index in [1.165, 1.54) is 0 Å². The van der Waals surface area contributed by atoms with E-state index in [1.807, 2.05) is 30.3 Å². The molecule has 0 unspecified atom stereocenters. The lowest BCUT2D eigenvalue weighted by Gasteiger charge is -2.04. The zero-order valence-corrected chi connectivity index (χ0v) is 8.07. The van der Waals surface area contributed by atoms with Crippen LogP contribution in [0.5, 0.6) is 0 Å². The van der Waals surface area contributed by atoms with Crippen molar-refractivity contribution >= 4 is 0 Å². The van der Waals surface area contributed by atoms with Gasteiger partial charge in [0.05, 0.1) is 19.8 Å². The van der Waals surface area contributed by atoms with Gasteiger partial charge in [0, 0.05) is 5.57 Å². The van der Waals surface area contributed by atoms with Crippen molar-refractivity contribution in [1.29, 1.82) is 0 Å². The van der Waals surface area contributed by atoms with E-state index in [4.69, 9.17) is 9.84 Å². The monoisotopic (exact) mass is 190 g/mol. The van der Waals surface area contributed by atoms with E-state index < -0.39 is 0 Å². The molecule has 0 fully saturated rings. The Morgan fingerprint density at radius 1 is 1.36 bits per heavy atom. The smallest absolute Gasteiger partial charge is 0.0778 e. The van der Waals surface area contributed by atoms with Crippen molar-refractivity contribution in [1.82, 2.24) is 0 Å². The Bertz CT molecular complexity index is 310. The number of hydrogen-bond donors (Lipinski definition) is 1. The molecule has 0 aromatic heterocycles. The fourth-order valence-corrected chi connectivity index (χ4v) is 1.02. The minimum Gasteiger partial charge on any atom is -0.391 e. The van der Waals surface area contributed by atoms with Crippen molar-refractivity contribution in [2.45, 2.75) is 6.61 Å². The van der Waals surface area contributed by atoms with Gasteiger partial charge in [-0.25, -0.2) is 0 Å². The molecule has 1 N–H and O–H groups in total. The van der Waals surface area contributed by atoms with Gasteiger partial charge in [-0.2, -0.15) is 0 Å². The van der Waals surface area contributed by atoms with Crippen LogP contribution in [0, 0.1) is 0 Å². The molecule has 0 amide bonds. The zero-order chi connectivity index (χ0) is 10.2. The quantitative estimate of drug-likeness (QED) is 0.719. The van der Waals surface area contributed by atoms with Gasteiger partial charge in [0.15, 0.2) is 0 Å². The maximum atomic E-state index is 8.80. The molecular weight excluding hydrogens is 176 g/mol. The SMILES string of the molecule is C=C=C(CO)COCc1ccccc1. The molecule has 0 aliphatic rings. The summed E-state index contributed by atoms with van der Waals surface area (Å²) in [5.74, 6) is 0. The summed E-state index contributed by atoms with van der Waals surface area (Å²) in [6.07, 6.45) is 0. The predicted molar refractivity (Wildman–Crippen MR) is 55.8 cm³/mol. The van der Waals surface area contributed by atoms with Gasteiger partial charge in [-0.3, -0.25) is 0 Å². The van der Waals surface area contributed by atoms with Crippen LogP contribution >= 0.6 is 0 Å². The van der Waals surface area contributed by atoms with Crippen molar-refractivity contribution in [3.63, 3.8) is 0 Å². The second kappa shape index (κ2) is 6.17. The van der Waals surface area contributed by atoms with Gasteiger partial charge < -0.3 is 9.84 Å². The number of hydrogen-bond acceptors (Lipinski definition) is 2. The number of rotatable bonds is 5. The summed E-state index contributed by atoms with van der Waals surface area (Å²) in [6.45, 7) is 4.34. The van der Waals surface area contributed by atoms with Gasteiger partial charge in [-0.05, 0) is 5.56 Å². The Labute approximate surface area is 84.1 Å². The van der Waals surface area contributed by atoms with Crippen LogP contribution in [0.3, 0.4) is 0 Å². The van der Waals surface area contributed by atoms with E-state index in [-0.39, 0.29) is 6.61 Å². The van der Waals surface area contributed by atoms with Gasteiger partial charge in [-0.15, -0.1) is 5.73 Å². The van der Waals surface area contributed by atoms with E-state index in [0.717, 1.165) is 5.56 Å². The molecule has 0 spiro atoms. The molecule has 0 saturated carbocycles. The summed E-state index contributed by atoms with van der Waals surface area (Å²) < 4.78 is 5.36. The molecule has 0 saturated heterocycles. The first kappa shape index (κ1) is 10.7. The Kier molecular flexibility index (Phi) is 4.73. The van der Waals surface area contributed by atoms with E-state index in [9.17, 15) is 0 Å². The number of benzene rings is 1. The topological polar surface area (TPSA) is 29.5 Å². The average molecular weight is 190 g/mol. The van der Waals surface area contributed by atoms with Crippen LogP contribution in [0.4, 0.5) is 0 Å². The van der Waals surface area contributed by atoms with Crippen molar-refractivity contribution in [3.8, 4) is 0 Å². The number of ether oxygens (including phenoxy) is 1. The van der Waals surface area contributed by atoms with Crippen LogP contribution in [0.25, 0.3) is 0 Å². The van der Waals surface area contributed by atoms with Gasteiger partial charge in [0.25, 0.3) is 0 Å². The molecule has 1 aromatic rings. The highest BCUT2D eigenvalue weighted by Crippen LogP contribution is 2.01. The second-order valence-electron chi connectivity index (χ2n) is 2.92. The Morgan fingerprint density at radius 2 is 2.07 bits per heavy atom. The van der Waals surface area contributed by atoms with Crippen LogP contribution in [0.15, 0.2) is 48.2 Å². The predicted octanol–water partition coefficient (Wildman–Crippen LogP) is 1.91. The lowest BCUT2D eigenvalue weighted by atomic mass is 10.2.